The number of aromatic nitrogens is 2. The van der Waals surface area contributed by atoms with Crippen LogP contribution in [-0.2, 0) is 7.05 Å². The Morgan fingerprint density at radius 1 is 1.65 bits per heavy atom. The third-order valence-electron chi connectivity index (χ3n) is 3.91. The molecule has 1 saturated carbocycles. The molecule has 2 atom stereocenters. The lowest BCUT2D eigenvalue weighted by Gasteiger charge is -2.50. The Labute approximate surface area is 101 Å². The van der Waals surface area contributed by atoms with E-state index in [2.05, 4.69) is 24.3 Å². The summed E-state index contributed by atoms with van der Waals surface area (Å²) in [7, 11) is 1.81. The Morgan fingerprint density at radius 3 is 2.71 bits per heavy atom. The molecule has 2 unspecified atom stereocenters. The summed E-state index contributed by atoms with van der Waals surface area (Å²) in [4.78, 5) is 12.1. The molecule has 1 amide bonds. The van der Waals surface area contributed by atoms with Crippen LogP contribution in [0.3, 0.4) is 0 Å². The van der Waals surface area contributed by atoms with E-state index in [9.17, 15) is 4.79 Å². The summed E-state index contributed by atoms with van der Waals surface area (Å²) in [5.41, 5.74) is 7.30. The van der Waals surface area contributed by atoms with Gasteiger partial charge >= 0.3 is 0 Å². The molecule has 3 N–H and O–H groups in total. The van der Waals surface area contributed by atoms with E-state index < -0.39 is 0 Å². The van der Waals surface area contributed by atoms with Crippen LogP contribution in [0.2, 0.25) is 0 Å². The summed E-state index contributed by atoms with van der Waals surface area (Å²) >= 11 is 0. The lowest BCUT2D eigenvalue weighted by molar-refractivity contribution is 0.0586. The van der Waals surface area contributed by atoms with Crippen molar-refractivity contribution < 1.29 is 4.79 Å². The third-order valence-corrected chi connectivity index (χ3v) is 3.91. The number of nitrogens with one attached hydrogen (secondary N) is 1. The highest BCUT2D eigenvalue weighted by Gasteiger charge is 2.46. The maximum Gasteiger partial charge on any atom is 0.254 e. The number of hydrogen-bond donors (Lipinski definition) is 2. The van der Waals surface area contributed by atoms with E-state index in [4.69, 9.17) is 5.73 Å². The van der Waals surface area contributed by atoms with Crippen molar-refractivity contribution in [3.8, 4) is 0 Å². The highest BCUT2D eigenvalue weighted by atomic mass is 16.1. The molecule has 2 rings (SSSR count). The number of nitrogens with two attached hydrogens (primary N) is 1. The highest BCUT2D eigenvalue weighted by molar-refractivity contribution is 5.95. The number of carbonyl (C=O) groups is 1. The van der Waals surface area contributed by atoms with Crippen LogP contribution in [0.25, 0.3) is 0 Å². The Kier molecular flexibility index (Phi) is 2.73. The number of carbonyl (C=O) groups excluding carboxylic acids is 1. The molecule has 94 valence electrons. The lowest BCUT2D eigenvalue weighted by atomic mass is 9.63. The summed E-state index contributed by atoms with van der Waals surface area (Å²) in [6, 6.07) is 0.326. The standard InChI is InChI=1S/C12H20N4O/c1-7-8(6-16(4)15-7)11(17)14-10-5-9(13)12(10,2)3/h6,9-10H,5,13H2,1-4H3,(H,14,17). The van der Waals surface area contributed by atoms with Crippen LogP contribution >= 0.6 is 0 Å². The van der Waals surface area contributed by atoms with Crippen LogP contribution in [0, 0.1) is 12.3 Å². The van der Waals surface area contributed by atoms with Gasteiger partial charge in [-0.2, -0.15) is 5.10 Å². The van der Waals surface area contributed by atoms with Gasteiger partial charge < -0.3 is 11.1 Å². The van der Waals surface area contributed by atoms with Crippen molar-refractivity contribution in [1.29, 1.82) is 0 Å². The Bertz CT molecular complexity index is 449. The van der Waals surface area contributed by atoms with Crippen molar-refractivity contribution in [2.75, 3.05) is 0 Å². The van der Waals surface area contributed by atoms with Crippen molar-refractivity contribution in [3.05, 3.63) is 17.5 Å². The largest absolute Gasteiger partial charge is 0.349 e. The molecule has 1 heterocycles. The van der Waals surface area contributed by atoms with Crippen molar-refractivity contribution >= 4 is 5.91 Å². The second-order valence-electron chi connectivity index (χ2n) is 5.49. The molecule has 0 bridgehead atoms. The summed E-state index contributed by atoms with van der Waals surface area (Å²) in [6.45, 7) is 6.01. The fraction of sp³-hybridized carbons (Fsp3) is 0.667. The first kappa shape index (κ1) is 12.1. The Morgan fingerprint density at radius 2 is 2.29 bits per heavy atom. The SMILES string of the molecule is Cc1nn(C)cc1C(=O)NC1CC(N)C1(C)C. The molecular formula is C12H20N4O. The van der Waals surface area contributed by atoms with E-state index >= 15 is 0 Å². The summed E-state index contributed by atoms with van der Waals surface area (Å²) in [5, 5.41) is 7.20. The predicted molar refractivity (Wildman–Crippen MR) is 65.6 cm³/mol. The molecule has 17 heavy (non-hydrogen) atoms. The minimum Gasteiger partial charge on any atom is -0.349 e. The summed E-state index contributed by atoms with van der Waals surface area (Å²) < 4.78 is 1.65. The van der Waals surface area contributed by atoms with Gasteiger partial charge in [-0.15, -0.1) is 0 Å². The van der Waals surface area contributed by atoms with Gasteiger partial charge in [-0.05, 0) is 13.3 Å². The maximum absolute atomic E-state index is 12.1. The summed E-state index contributed by atoms with van der Waals surface area (Å²) in [5.74, 6) is -0.0550. The molecule has 0 radical (unpaired) electrons. The Balaban J connectivity index is 2.06. The fourth-order valence-corrected chi connectivity index (χ4v) is 2.26. The van der Waals surface area contributed by atoms with Gasteiger partial charge in [0.1, 0.15) is 0 Å². The maximum atomic E-state index is 12.1. The zero-order valence-electron chi connectivity index (χ0n) is 10.8. The zero-order chi connectivity index (χ0) is 12.8. The number of nitrogens with zero attached hydrogens (tertiary/aromatic N) is 2. The highest BCUT2D eigenvalue weighted by Crippen LogP contribution is 2.39. The van der Waals surface area contributed by atoms with Crippen molar-refractivity contribution in [2.45, 2.75) is 39.3 Å². The summed E-state index contributed by atoms with van der Waals surface area (Å²) in [6.07, 6.45) is 2.59. The van der Waals surface area contributed by atoms with Crippen LogP contribution in [0.1, 0.15) is 36.3 Å². The van der Waals surface area contributed by atoms with Crippen molar-refractivity contribution in [3.63, 3.8) is 0 Å². The topological polar surface area (TPSA) is 72.9 Å². The average Bonchev–Trinajstić information content (AvgIpc) is 2.57. The molecule has 0 saturated heterocycles. The quantitative estimate of drug-likeness (QED) is 0.789. The van der Waals surface area contributed by atoms with Crippen LogP contribution in [0.15, 0.2) is 6.20 Å². The van der Waals surface area contributed by atoms with Gasteiger partial charge in [0.15, 0.2) is 0 Å². The van der Waals surface area contributed by atoms with Crippen LogP contribution in [0.4, 0.5) is 0 Å². The minimum atomic E-state index is -0.0550. The third kappa shape index (κ3) is 1.95. The number of hydrogen-bond acceptors (Lipinski definition) is 3. The van der Waals surface area contributed by atoms with E-state index in [-0.39, 0.29) is 23.4 Å². The molecule has 1 aliphatic carbocycles. The smallest absolute Gasteiger partial charge is 0.254 e. The van der Waals surface area contributed by atoms with E-state index in [1.165, 1.54) is 0 Å². The molecule has 5 nitrogen and oxygen atoms in total. The van der Waals surface area contributed by atoms with Gasteiger partial charge in [0.25, 0.3) is 5.91 Å². The van der Waals surface area contributed by atoms with E-state index in [0.29, 0.717) is 5.56 Å². The van der Waals surface area contributed by atoms with Gasteiger partial charge in [0.2, 0.25) is 0 Å². The fourth-order valence-electron chi connectivity index (χ4n) is 2.26. The van der Waals surface area contributed by atoms with Crippen molar-refractivity contribution in [1.82, 2.24) is 15.1 Å². The average molecular weight is 236 g/mol. The minimum absolute atomic E-state index is 0.0220. The van der Waals surface area contributed by atoms with Gasteiger partial charge in [-0.3, -0.25) is 9.48 Å². The molecule has 1 fully saturated rings. The van der Waals surface area contributed by atoms with Gasteiger partial charge in [-0.1, -0.05) is 13.8 Å². The number of aryl methyl sites for hydroxylation is 2. The first-order valence-corrected chi connectivity index (χ1v) is 5.89. The van der Waals surface area contributed by atoms with Gasteiger partial charge in [-0.25, -0.2) is 0 Å². The number of amides is 1. The van der Waals surface area contributed by atoms with Gasteiger partial charge in [0.05, 0.1) is 11.3 Å². The van der Waals surface area contributed by atoms with Crippen LogP contribution < -0.4 is 11.1 Å². The monoisotopic (exact) mass is 236 g/mol. The first-order valence-electron chi connectivity index (χ1n) is 5.89. The van der Waals surface area contributed by atoms with E-state index in [0.717, 1.165) is 12.1 Å². The molecule has 5 heteroatoms. The molecular weight excluding hydrogens is 216 g/mol. The van der Waals surface area contributed by atoms with Crippen LogP contribution in [-0.4, -0.2) is 27.8 Å². The second kappa shape index (κ2) is 3.84. The molecule has 1 aromatic rings. The van der Waals surface area contributed by atoms with Crippen molar-refractivity contribution in [2.24, 2.45) is 18.2 Å². The van der Waals surface area contributed by atoms with Crippen LogP contribution in [0.5, 0.6) is 0 Å². The second-order valence-corrected chi connectivity index (χ2v) is 5.49. The van der Waals surface area contributed by atoms with E-state index in [1.807, 2.05) is 14.0 Å². The number of rotatable bonds is 2. The predicted octanol–water partition coefficient (Wildman–Crippen LogP) is 0.584. The molecule has 0 aromatic carbocycles. The Hall–Kier alpha value is -1.36. The molecule has 1 aliphatic rings. The molecule has 0 aliphatic heterocycles. The zero-order valence-corrected chi connectivity index (χ0v) is 10.8. The molecule has 1 aromatic heterocycles. The lowest BCUT2D eigenvalue weighted by Crippen LogP contribution is -2.64. The van der Waals surface area contributed by atoms with Gasteiger partial charge in [0, 0.05) is 30.7 Å². The molecule has 0 spiro atoms. The first-order chi connectivity index (χ1) is 7.82. The van der Waals surface area contributed by atoms with E-state index in [1.54, 1.807) is 10.9 Å². The normalized spacial score (nSPS) is 26.4.